The molecule has 0 unspecified atom stereocenters. The van der Waals surface area contributed by atoms with Crippen molar-refractivity contribution in [1.82, 2.24) is 15.1 Å². The maximum absolute atomic E-state index is 12.4. The molecule has 0 bridgehead atoms. The van der Waals surface area contributed by atoms with Gasteiger partial charge >= 0.3 is 0 Å². The second-order valence-corrected chi connectivity index (χ2v) is 6.58. The van der Waals surface area contributed by atoms with Crippen molar-refractivity contribution in [1.29, 1.82) is 0 Å². The summed E-state index contributed by atoms with van der Waals surface area (Å²) in [5.74, 6) is 0.0170. The van der Waals surface area contributed by atoms with Gasteiger partial charge in [0.1, 0.15) is 0 Å². The first kappa shape index (κ1) is 18.2. The Morgan fingerprint density at radius 1 is 1.21 bits per heavy atom. The fourth-order valence-electron chi connectivity index (χ4n) is 2.81. The molecule has 0 aromatic heterocycles. The number of hydrogen-bond acceptors (Lipinski definition) is 3. The van der Waals surface area contributed by atoms with Crippen molar-refractivity contribution in [2.75, 3.05) is 33.2 Å². The molecule has 1 aliphatic rings. The summed E-state index contributed by atoms with van der Waals surface area (Å²) in [6.45, 7) is 5.71. The van der Waals surface area contributed by atoms with Gasteiger partial charge in [0.15, 0.2) is 0 Å². The fraction of sp³-hybridized carbons (Fsp3) is 0.474. The van der Waals surface area contributed by atoms with E-state index in [1.165, 1.54) is 11.1 Å². The van der Waals surface area contributed by atoms with E-state index in [1.807, 2.05) is 36.9 Å². The average molecular weight is 329 g/mol. The molecule has 24 heavy (non-hydrogen) atoms. The number of carbonyl (C=O) groups is 2. The van der Waals surface area contributed by atoms with Crippen LogP contribution >= 0.6 is 0 Å². The van der Waals surface area contributed by atoms with Crippen LogP contribution in [0.3, 0.4) is 0 Å². The fourth-order valence-corrected chi connectivity index (χ4v) is 2.81. The topological polar surface area (TPSA) is 52.7 Å². The molecule has 2 amide bonds. The number of benzene rings is 1. The molecule has 1 aromatic carbocycles. The van der Waals surface area contributed by atoms with Gasteiger partial charge in [0.25, 0.3) is 0 Å². The molecule has 1 aliphatic heterocycles. The van der Waals surface area contributed by atoms with Gasteiger partial charge < -0.3 is 10.2 Å². The van der Waals surface area contributed by atoms with Gasteiger partial charge in [-0.1, -0.05) is 36.4 Å². The van der Waals surface area contributed by atoms with Crippen LogP contribution in [0, 0.1) is 0 Å². The lowest BCUT2D eigenvalue weighted by Gasteiger charge is -2.28. The Morgan fingerprint density at radius 2 is 1.92 bits per heavy atom. The zero-order valence-corrected chi connectivity index (χ0v) is 14.8. The Hall–Kier alpha value is -2.14. The summed E-state index contributed by atoms with van der Waals surface area (Å²) in [5.41, 5.74) is 2.52. The highest BCUT2D eigenvalue weighted by atomic mass is 16.2. The van der Waals surface area contributed by atoms with Gasteiger partial charge in [0.05, 0.1) is 13.1 Å². The molecule has 5 nitrogen and oxygen atoms in total. The normalized spacial score (nSPS) is 14.7. The lowest BCUT2D eigenvalue weighted by atomic mass is 9.99. The van der Waals surface area contributed by atoms with E-state index in [-0.39, 0.29) is 30.9 Å². The third kappa shape index (κ3) is 5.49. The molecule has 0 spiro atoms. The number of rotatable bonds is 6. The zero-order chi connectivity index (χ0) is 17.5. The average Bonchev–Trinajstić information content (AvgIpc) is 2.54. The molecule has 130 valence electrons. The van der Waals surface area contributed by atoms with Gasteiger partial charge in [-0.25, -0.2) is 0 Å². The molecular weight excluding hydrogens is 302 g/mol. The van der Waals surface area contributed by atoms with Gasteiger partial charge in [-0.05, 0) is 38.5 Å². The van der Waals surface area contributed by atoms with Crippen LogP contribution in [0.5, 0.6) is 0 Å². The molecule has 1 aromatic rings. The monoisotopic (exact) mass is 329 g/mol. The Morgan fingerprint density at radius 3 is 2.50 bits per heavy atom. The predicted molar refractivity (Wildman–Crippen MR) is 96.4 cm³/mol. The van der Waals surface area contributed by atoms with E-state index in [4.69, 9.17) is 0 Å². The maximum atomic E-state index is 12.4. The lowest BCUT2D eigenvalue weighted by Crippen LogP contribution is -2.44. The van der Waals surface area contributed by atoms with Crippen molar-refractivity contribution < 1.29 is 9.59 Å². The van der Waals surface area contributed by atoms with Crippen molar-refractivity contribution in [3.63, 3.8) is 0 Å². The van der Waals surface area contributed by atoms with Gasteiger partial charge in [-0.3, -0.25) is 14.5 Å². The van der Waals surface area contributed by atoms with Crippen molar-refractivity contribution in [3.05, 3.63) is 42.0 Å². The molecule has 2 rings (SSSR count). The summed E-state index contributed by atoms with van der Waals surface area (Å²) >= 11 is 0. The van der Waals surface area contributed by atoms with Crippen LogP contribution in [0.15, 0.2) is 36.4 Å². The van der Waals surface area contributed by atoms with Gasteiger partial charge in [0.2, 0.25) is 11.8 Å². The quantitative estimate of drug-likeness (QED) is 0.865. The van der Waals surface area contributed by atoms with E-state index < -0.39 is 0 Å². The van der Waals surface area contributed by atoms with E-state index in [2.05, 4.69) is 23.5 Å². The molecule has 0 radical (unpaired) electrons. The minimum absolute atomic E-state index is 0.0507. The van der Waals surface area contributed by atoms with Crippen LogP contribution in [0.25, 0.3) is 5.57 Å². The lowest BCUT2D eigenvalue weighted by molar-refractivity contribution is -0.132. The van der Waals surface area contributed by atoms with Crippen molar-refractivity contribution >= 4 is 17.4 Å². The second-order valence-electron chi connectivity index (χ2n) is 6.58. The Balaban J connectivity index is 1.82. The Kier molecular flexibility index (Phi) is 6.55. The van der Waals surface area contributed by atoms with E-state index in [9.17, 15) is 9.59 Å². The minimum Gasteiger partial charge on any atom is -0.353 e. The molecular formula is C19H27N3O2. The SMILES string of the molecule is CC(C)NC(=O)CN(C)CC(=O)N1CC=C(c2ccccc2)CC1. The first-order chi connectivity index (χ1) is 11.5. The number of hydrogen-bond donors (Lipinski definition) is 1. The molecule has 0 fully saturated rings. The summed E-state index contributed by atoms with van der Waals surface area (Å²) in [6.07, 6.45) is 3.00. The Labute approximate surface area is 144 Å². The summed E-state index contributed by atoms with van der Waals surface area (Å²) in [4.78, 5) is 27.7. The summed E-state index contributed by atoms with van der Waals surface area (Å²) in [6, 6.07) is 10.4. The van der Waals surface area contributed by atoms with Crippen LogP contribution in [0.2, 0.25) is 0 Å². The summed E-state index contributed by atoms with van der Waals surface area (Å²) in [5, 5.41) is 2.84. The maximum Gasteiger partial charge on any atom is 0.237 e. The smallest absolute Gasteiger partial charge is 0.237 e. The van der Waals surface area contributed by atoms with E-state index in [0.29, 0.717) is 6.54 Å². The van der Waals surface area contributed by atoms with E-state index in [1.54, 1.807) is 11.9 Å². The van der Waals surface area contributed by atoms with Crippen LogP contribution < -0.4 is 5.32 Å². The van der Waals surface area contributed by atoms with Crippen molar-refractivity contribution in [3.8, 4) is 0 Å². The van der Waals surface area contributed by atoms with Crippen LogP contribution in [0.1, 0.15) is 25.8 Å². The standard InChI is InChI=1S/C19H27N3O2/c1-15(2)20-18(23)13-21(3)14-19(24)22-11-9-17(10-12-22)16-7-5-4-6-8-16/h4-9,15H,10-14H2,1-3H3,(H,20,23). The molecule has 0 aliphatic carbocycles. The molecule has 5 heteroatoms. The first-order valence-corrected chi connectivity index (χ1v) is 8.46. The zero-order valence-electron chi connectivity index (χ0n) is 14.8. The van der Waals surface area contributed by atoms with E-state index in [0.717, 1.165) is 13.0 Å². The van der Waals surface area contributed by atoms with Crippen LogP contribution in [-0.2, 0) is 9.59 Å². The highest BCUT2D eigenvalue weighted by Gasteiger charge is 2.20. The Bertz CT molecular complexity index is 596. The number of likely N-dealkylation sites (N-methyl/N-ethyl adjacent to an activating group) is 1. The predicted octanol–water partition coefficient (Wildman–Crippen LogP) is 1.76. The summed E-state index contributed by atoms with van der Waals surface area (Å²) < 4.78 is 0. The van der Waals surface area contributed by atoms with Gasteiger partial charge in [-0.2, -0.15) is 0 Å². The number of nitrogens with one attached hydrogen (secondary N) is 1. The van der Waals surface area contributed by atoms with Gasteiger partial charge in [-0.15, -0.1) is 0 Å². The van der Waals surface area contributed by atoms with Crippen LogP contribution in [0.4, 0.5) is 0 Å². The third-order valence-corrected chi connectivity index (χ3v) is 3.97. The van der Waals surface area contributed by atoms with Gasteiger partial charge in [0, 0.05) is 19.1 Å². The molecule has 0 saturated heterocycles. The van der Waals surface area contributed by atoms with Crippen molar-refractivity contribution in [2.24, 2.45) is 0 Å². The second kappa shape index (κ2) is 8.64. The minimum atomic E-state index is -0.0507. The molecule has 0 saturated carbocycles. The molecule has 1 N–H and O–H groups in total. The largest absolute Gasteiger partial charge is 0.353 e. The highest BCUT2D eigenvalue weighted by molar-refractivity contribution is 5.82. The number of nitrogens with zero attached hydrogens (tertiary/aromatic N) is 2. The first-order valence-electron chi connectivity index (χ1n) is 8.46. The highest BCUT2D eigenvalue weighted by Crippen LogP contribution is 2.21. The molecule has 1 heterocycles. The molecule has 0 atom stereocenters. The number of carbonyl (C=O) groups excluding carboxylic acids is 2. The van der Waals surface area contributed by atoms with E-state index >= 15 is 0 Å². The summed E-state index contributed by atoms with van der Waals surface area (Å²) in [7, 11) is 1.80. The van der Waals surface area contributed by atoms with Crippen molar-refractivity contribution in [2.45, 2.75) is 26.3 Å². The van der Waals surface area contributed by atoms with Crippen LogP contribution in [-0.4, -0.2) is 60.9 Å². The third-order valence-electron chi connectivity index (χ3n) is 3.97. The number of amides is 2.